The molecule has 0 aliphatic rings. The van der Waals surface area contributed by atoms with Gasteiger partial charge in [-0.25, -0.2) is 5.43 Å². The lowest BCUT2D eigenvalue weighted by Gasteiger charge is -2.13. The molecule has 5 heteroatoms. The van der Waals surface area contributed by atoms with Gasteiger partial charge in [0.1, 0.15) is 11.5 Å². The Bertz CT molecular complexity index is 694. The van der Waals surface area contributed by atoms with Gasteiger partial charge in [0.05, 0.1) is 12.8 Å². The van der Waals surface area contributed by atoms with E-state index < -0.39 is 6.10 Å². The zero-order valence-electron chi connectivity index (χ0n) is 14.9. The van der Waals surface area contributed by atoms with Gasteiger partial charge in [-0.2, -0.15) is 5.10 Å². The lowest BCUT2D eigenvalue weighted by atomic mass is 10.2. The first-order chi connectivity index (χ1) is 12.1. The van der Waals surface area contributed by atoms with Crippen molar-refractivity contribution in [3.63, 3.8) is 0 Å². The molecule has 1 atom stereocenters. The summed E-state index contributed by atoms with van der Waals surface area (Å²) in [5.74, 6) is 1.16. The molecule has 132 valence electrons. The maximum absolute atomic E-state index is 12.0. The number of hydrogen-bond donors (Lipinski definition) is 1. The van der Waals surface area contributed by atoms with E-state index in [0.717, 1.165) is 17.7 Å². The second-order valence-corrected chi connectivity index (χ2v) is 5.49. The van der Waals surface area contributed by atoms with Crippen molar-refractivity contribution in [2.24, 2.45) is 5.10 Å². The van der Waals surface area contributed by atoms with Gasteiger partial charge in [0.25, 0.3) is 5.91 Å². The second-order valence-electron chi connectivity index (χ2n) is 5.49. The molecule has 0 heterocycles. The Morgan fingerprint density at radius 3 is 2.32 bits per heavy atom. The van der Waals surface area contributed by atoms with Gasteiger partial charge in [0, 0.05) is 0 Å². The Balaban J connectivity index is 1.83. The van der Waals surface area contributed by atoms with Crippen LogP contribution in [0.15, 0.2) is 53.6 Å². The molecule has 0 radical (unpaired) electrons. The van der Waals surface area contributed by atoms with Gasteiger partial charge in [-0.3, -0.25) is 4.79 Å². The molecule has 0 spiro atoms. The van der Waals surface area contributed by atoms with Gasteiger partial charge < -0.3 is 9.47 Å². The number of hydrazone groups is 1. The van der Waals surface area contributed by atoms with Crippen molar-refractivity contribution in [3.05, 3.63) is 59.7 Å². The number of nitrogens with zero attached hydrogens (tertiary/aromatic N) is 1. The lowest BCUT2D eigenvalue weighted by molar-refractivity contribution is -0.127. The van der Waals surface area contributed by atoms with E-state index in [-0.39, 0.29) is 5.91 Å². The summed E-state index contributed by atoms with van der Waals surface area (Å²) in [5.41, 5.74) is 4.58. The summed E-state index contributed by atoms with van der Waals surface area (Å²) in [6, 6.07) is 15.2. The fourth-order valence-corrected chi connectivity index (χ4v) is 2.14. The molecule has 25 heavy (non-hydrogen) atoms. The molecule has 1 amide bonds. The van der Waals surface area contributed by atoms with Crippen molar-refractivity contribution in [1.82, 2.24) is 5.43 Å². The molecular formula is C20H24N2O3. The van der Waals surface area contributed by atoms with Crippen LogP contribution in [0.2, 0.25) is 0 Å². The SMILES string of the molecule is CCOc1ccc(C=NNC(=O)C(C)Oc2ccc(CC)cc2)cc1. The Morgan fingerprint density at radius 2 is 1.72 bits per heavy atom. The minimum Gasteiger partial charge on any atom is -0.494 e. The number of rotatable bonds is 8. The highest BCUT2D eigenvalue weighted by Crippen LogP contribution is 2.14. The molecule has 0 bridgehead atoms. The summed E-state index contributed by atoms with van der Waals surface area (Å²) >= 11 is 0. The van der Waals surface area contributed by atoms with Gasteiger partial charge in [-0.1, -0.05) is 19.1 Å². The predicted molar refractivity (Wildman–Crippen MR) is 99.3 cm³/mol. The molecule has 2 rings (SSSR count). The summed E-state index contributed by atoms with van der Waals surface area (Å²) in [5, 5.41) is 3.96. The monoisotopic (exact) mass is 340 g/mol. The summed E-state index contributed by atoms with van der Waals surface area (Å²) in [6.07, 6.45) is 1.91. The van der Waals surface area contributed by atoms with E-state index in [0.29, 0.717) is 12.4 Å². The third-order valence-corrected chi connectivity index (χ3v) is 3.59. The number of carbonyl (C=O) groups excluding carboxylic acids is 1. The van der Waals surface area contributed by atoms with Crippen LogP contribution in [-0.2, 0) is 11.2 Å². The van der Waals surface area contributed by atoms with Crippen LogP contribution in [0.25, 0.3) is 0 Å². The fourth-order valence-electron chi connectivity index (χ4n) is 2.14. The molecule has 0 aliphatic heterocycles. The van der Waals surface area contributed by atoms with E-state index in [2.05, 4.69) is 17.5 Å². The second kappa shape index (κ2) is 9.47. The maximum Gasteiger partial charge on any atom is 0.280 e. The van der Waals surface area contributed by atoms with Crippen LogP contribution < -0.4 is 14.9 Å². The van der Waals surface area contributed by atoms with Gasteiger partial charge in [0.15, 0.2) is 6.10 Å². The number of hydrogen-bond acceptors (Lipinski definition) is 4. The first kappa shape index (κ1) is 18.5. The van der Waals surface area contributed by atoms with Crippen molar-refractivity contribution >= 4 is 12.1 Å². The van der Waals surface area contributed by atoms with E-state index >= 15 is 0 Å². The van der Waals surface area contributed by atoms with Crippen molar-refractivity contribution < 1.29 is 14.3 Å². The molecule has 1 N–H and O–H groups in total. The largest absolute Gasteiger partial charge is 0.494 e. The van der Waals surface area contributed by atoms with Crippen LogP contribution in [0.3, 0.4) is 0 Å². The van der Waals surface area contributed by atoms with Crippen molar-refractivity contribution in [3.8, 4) is 11.5 Å². The van der Waals surface area contributed by atoms with Crippen molar-refractivity contribution in [1.29, 1.82) is 0 Å². The molecular weight excluding hydrogens is 316 g/mol. The third-order valence-electron chi connectivity index (χ3n) is 3.59. The van der Waals surface area contributed by atoms with Crippen LogP contribution >= 0.6 is 0 Å². The first-order valence-electron chi connectivity index (χ1n) is 8.43. The van der Waals surface area contributed by atoms with E-state index in [1.54, 1.807) is 13.1 Å². The number of amides is 1. The Labute approximate surface area is 148 Å². The molecule has 2 aromatic rings. The van der Waals surface area contributed by atoms with Gasteiger partial charge >= 0.3 is 0 Å². The Morgan fingerprint density at radius 1 is 1.08 bits per heavy atom. The van der Waals surface area contributed by atoms with E-state index in [1.165, 1.54) is 5.56 Å². The Hall–Kier alpha value is -2.82. The lowest BCUT2D eigenvalue weighted by Crippen LogP contribution is -2.33. The van der Waals surface area contributed by atoms with Crippen molar-refractivity contribution in [2.75, 3.05) is 6.61 Å². The van der Waals surface area contributed by atoms with Gasteiger partial charge in [-0.05, 0) is 67.8 Å². The van der Waals surface area contributed by atoms with Gasteiger partial charge in [-0.15, -0.1) is 0 Å². The van der Waals surface area contributed by atoms with E-state index in [9.17, 15) is 4.79 Å². The molecule has 0 saturated heterocycles. The highest BCUT2D eigenvalue weighted by Gasteiger charge is 2.13. The summed E-state index contributed by atoms with van der Waals surface area (Å²) in [6.45, 7) is 6.35. The summed E-state index contributed by atoms with van der Waals surface area (Å²) in [4.78, 5) is 12.0. The molecule has 0 aliphatic carbocycles. The minimum absolute atomic E-state index is 0.304. The first-order valence-corrected chi connectivity index (χ1v) is 8.43. The Kier molecular flexibility index (Phi) is 7.01. The summed E-state index contributed by atoms with van der Waals surface area (Å²) in [7, 11) is 0. The van der Waals surface area contributed by atoms with Crippen LogP contribution in [0.1, 0.15) is 31.9 Å². The maximum atomic E-state index is 12.0. The van der Waals surface area contributed by atoms with Crippen LogP contribution in [0, 0.1) is 0 Å². The molecule has 0 saturated carbocycles. The van der Waals surface area contributed by atoms with Crippen LogP contribution in [0.5, 0.6) is 11.5 Å². The number of nitrogens with one attached hydrogen (secondary N) is 1. The molecule has 2 aromatic carbocycles. The van der Waals surface area contributed by atoms with E-state index in [1.807, 2.05) is 55.5 Å². The topological polar surface area (TPSA) is 59.9 Å². The number of carbonyl (C=O) groups is 1. The minimum atomic E-state index is -0.634. The highest BCUT2D eigenvalue weighted by atomic mass is 16.5. The van der Waals surface area contributed by atoms with Gasteiger partial charge in [0.2, 0.25) is 0 Å². The quantitative estimate of drug-likeness (QED) is 0.590. The fraction of sp³-hybridized carbons (Fsp3) is 0.300. The smallest absolute Gasteiger partial charge is 0.280 e. The van der Waals surface area contributed by atoms with Crippen molar-refractivity contribution in [2.45, 2.75) is 33.3 Å². The number of ether oxygens (including phenoxy) is 2. The average Bonchev–Trinajstić information content (AvgIpc) is 2.64. The van der Waals surface area contributed by atoms with Crippen LogP contribution in [0.4, 0.5) is 0 Å². The highest BCUT2D eigenvalue weighted by molar-refractivity contribution is 5.84. The standard InChI is InChI=1S/C20H24N2O3/c1-4-16-6-12-19(13-7-16)25-15(3)20(23)22-21-14-17-8-10-18(11-9-17)24-5-2/h6-15H,4-5H2,1-3H3,(H,22,23). The zero-order chi connectivity index (χ0) is 18.1. The number of benzene rings is 2. The zero-order valence-corrected chi connectivity index (χ0v) is 14.9. The predicted octanol–water partition coefficient (Wildman–Crippen LogP) is 3.57. The molecule has 0 aromatic heterocycles. The number of aryl methyl sites for hydroxylation is 1. The molecule has 5 nitrogen and oxygen atoms in total. The normalized spacial score (nSPS) is 12.0. The summed E-state index contributed by atoms with van der Waals surface area (Å²) < 4.78 is 11.0. The van der Waals surface area contributed by atoms with E-state index in [4.69, 9.17) is 9.47 Å². The van der Waals surface area contributed by atoms with Crippen LogP contribution in [-0.4, -0.2) is 24.8 Å². The third kappa shape index (κ3) is 5.95. The average molecular weight is 340 g/mol. The molecule has 0 fully saturated rings. The molecule has 1 unspecified atom stereocenters.